The number of benzene rings is 2. The maximum absolute atomic E-state index is 13.4. The van der Waals surface area contributed by atoms with Crippen molar-refractivity contribution in [3.63, 3.8) is 0 Å². The van der Waals surface area contributed by atoms with Gasteiger partial charge in [-0.05, 0) is 43.0 Å². The fourth-order valence-electron chi connectivity index (χ4n) is 3.71. The molecule has 0 spiro atoms. The van der Waals surface area contributed by atoms with Crippen LogP contribution in [0.3, 0.4) is 0 Å². The van der Waals surface area contributed by atoms with Crippen LogP contribution >= 0.6 is 11.6 Å². The Kier molecular flexibility index (Phi) is 8.35. The van der Waals surface area contributed by atoms with Gasteiger partial charge in [-0.3, -0.25) is 4.79 Å². The van der Waals surface area contributed by atoms with Gasteiger partial charge in [-0.15, -0.1) is 0 Å². The second-order valence-corrected chi connectivity index (χ2v) is 10.0. The van der Waals surface area contributed by atoms with Crippen LogP contribution in [0.2, 0.25) is 5.02 Å². The number of sulfonamides is 1. The van der Waals surface area contributed by atoms with Crippen LogP contribution in [0, 0.1) is 0 Å². The highest BCUT2D eigenvalue weighted by atomic mass is 35.5. The predicted octanol–water partition coefficient (Wildman–Crippen LogP) is 3.98. The molecule has 0 radical (unpaired) electrons. The third-order valence-corrected chi connectivity index (χ3v) is 7.66. The highest BCUT2D eigenvalue weighted by Crippen LogP contribution is 2.28. The molecule has 0 unspecified atom stereocenters. The quantitative estimate of drug-likeness (QED) is 0.592. The molecule has 1 heterocycles. The van der Waals surface area contributed by atoms with Gasteiger partial charge in [-0.2, -0.15) is 4.31 Å². The maximum atomic E-state index is 13.4. The molecular formula is C23H29ClN2O4S. The summed E-state index contributed by atoms with van der Waals surface area (Å²) in [7, 11) is -2.44. The largest absolute Gasteiger partial charge is 0.495 e. The lowest BCUT2D eigenvalue weighted by Gasteiger charge is -2.26. The fraction of sp³-hybridized carbons (Fsp3) is 0.435. The molecule has 3 rings (SSSR count). The molecular weight excluding hydrogens is 436 g/mol. The zero-order valence-electron chi connectivity index (χ0n) is 17.8. The van der Waals surface area contributed by atoms with Crippen molar-refractivity contribution < 1.29 is 17.9 Å². The van der Waals surface area contributed by atoms with Gasteiger partial charge >= 0.3 is 0 Å². The second-order valence-electron chi connectivity index (χ2n) is 7.67. The summed E-state index contributed by atoms with van der Waals surface area (Å²) >= 11 is 6.18. The van der Waals surface area contributed by atoms with Crippen molar-refractivity contribution in [1.29, 1.82) is 0 Å². The summed E-state index contributed by atoms with van der Waals surface area (Å²) < 4.78 is 33.3. The first-order chi connectivity index (χ1) is 14.9. The van der Waals surface area contributed by atoms with E-state index in [1.54, 1.807) is 4.90 Å². The van der Waals surface area contributed by atoms with Crippen molar-refractivity contribution in [1.82, 2.24) is 9.21 Å². The first-order valence-electron chi connectivity index (χ1n) is 10.6. The molecule has 0 saturated carbocycles. The Morgan fingerprint density at radius 1 is 1.06 bits per heavy atom. The molecule has 1 fully saturated rings. The molecule has 1 aliphatic rings. The summed E-state index contributed by atoms with van der Waals surface area (Å²) in [5.41, 5.74) is 1.01. The van der Waals surface area contributed by atoms with Gasteiger partial charge in [-0.25, -0.2) is 8.42 Å². The summed E-state index contributed by atoms with van der Waals surface area (Å²) in [6.45, 7) is 1.38. The van der Waals surface area contributed by atoms with Crippen LogP contribution in [0.1, 0.15) is 31.2 Å². The fourth-order valence-corrected chi connectivity index (χ4v) is 5.45. The van der Waals surface area contributed by atoms with E-state index in [1.165, 1.54) is 29.6 Å². The van der Waals surface area contributed by atoms with E-state index in [-0.39, 0.29) is 28.9 Å². The van der Waals surface area contributed by atoms with Crippen LogP contribution in [-0.4, -0.2) is 56.8 Å². The number of nitrogens with zero attached hydrogens (tertiary/aromatic N) is 2. The van der Waals surface area contributed by atoms with Gasteiger partial charge in [0.05, 0.1) is 23.6 Å². The van der Waals surface area contributed by atoms with Crippen LogP contribution < -0.4 is 4.74 Å². The number of halogens is 1. The number of amides is 1. The summed E-state index contributed by atoms with van der Waals surface area (Å²) in [6.07, 6.45) is 4.62. The number of carbonyl (C=O) groups is 1. The average molecular weight is 465 g/mol. The lowest BCUT2D eigenvalue weighted by atomic mass is 10.1. The van der Waals surface area contributed by atoms with Crippen molar-refractivity contribution in [3.8, 4) is 5.75 Å². The molecule has 31 heavy (non-hydrogen) atoms. The molecule has 0 bridgehead atoms. The number of rotatable bonds is 8. The van der Waals surface area contributed by atoms with E-state index in [9.17, 15) is 13.2 Å². The second kappa shape index (κ2) is 11.0. The first-order valence-corrected chi connectivity index (χ1v) is 12.4. The normalized spacial score (nSPS) is 15.0. The molecule has 1 saturated heterocycles. The van der Waals surface area contributed by atoms with Gasteiger partial charge in [0.25, 0.3) is 0 Å². The standard InChI is InChI=1S/C23H29ClN2O4S/c1-30-22-12-11-20(17-21(22)24)31(28,29)26(16-13-19-9-5-4-6-10-19)18-23(27)25-14-7-2-3-8-15-25/h4-6,9-12,17H,2-3,7-8,13-16,18H2,1H3. The molecule has 0 aliphatic carbocycles. The summed E-state index contributed by atoms with van der Waals surface area (Å²) in [5, 5.41) is 0.213. The molecule has 1 aliphatic heterocycles. The number of hydrogen-bond acceptors (Lipinski definition) is 4. The van der Waals surface area contributed by atoms with Crippen LogP contribution in [0.4, 0.5) is 0 Å². The minimum Gasteiger partial charge on any atom is -0.495 e. The van der Waals surface area contributed by atoms with E-state index < -0.39 is 10.0 Å². The zero-order valence-corrected chi connectivity index (χ0v) is 19.4. The molecule has 0 atom stereocenters. The van der Waals surface area contributed by atoms with Crippen molar-refractivity contribution in [3.05, 3.63) is 59.1 Å². The average Bonchev–Trinajstić information content (AvgIpc) is 3.06. The van der Waals surface area contributed by atoms with Crippen LogP contribution in [0.25, 0.3) is 0 Å². The van der Waals surface area contributed by atoms with Gasteiger partial charge in [0, 0.05) is 19.6 Å². The van der Waals surface area contributed by atoms with E-state index in [4.69, 9.17) is 16.3 Å². The maximum Gasteiger partial charge on any atom is 0.243 e. The van der Waals surface area contributed by atoms with E-state index in [0.29, 0.717) is 25.3 Å². The van der Waals surface area contributed by atoms with Gasteiger partial charge in [-0.1, -0.05) is 54.8 Å². The number of ether oxygens (including phenoxy) is 1. The summed E-state index contributed by atoms with van der Waals surface area (Å²) in [4.78, 5) is 14.8. The highest BCUT2D eigenvalue weighted by Gasteiger charge is 2.29. The van der Waals surface area contributed by atoms with Gasteiger partial charge in [0.2, 0.25) is 15.9 Å². The number of likely N-dealkylation sites (tertiary alicyclic amines) is 1. The van der Waals surface area contributed by atoms with E-state index in [2.05, 4.69) is 0 Å². The molecule has 0 aromatic heterocycles. The Balaban J connectivity index is 1.84. The molecule has 168 valence electrons. The molecule has 6 nitrogen and oxygen atoms in total. The topological polar surface area (TPSA) is 66.9 Å². The van der Waals surface area contributed by atoms with E-state index >= 15 is 0 Å². The third-order valence-electron chi connectivity index (χ3n) is 5.52. The zero-order chi connectivity index (χ0) is 22.3. The van der Waals surface area contributed by atoms with Crippen molar-refractivity contribution in [2.24, 2.45) is 0 Å². The minimum absolute atomic E-state index is 0.0510. The Labute approximate surface area is 189 Å². The monoisotopic (exact) mass is 464 g/mol. The molecule has 8 heteroatoms. The Hall–Kier alpha value is -2.09. The van der Waals surface area contributed by atoms with Gasteiger partial charge in [0.1, 0.15) is 5.75 Å². The Bertz CT molecular complexity index is 974. The smallest absolute Gasteiger partial charge is 0.243 e. The Morgan fingerprint density at radius 2 is 1.74 bits per heavy atom. The highest BCUT2D eigenvalue weighted by molar-refractivity contribution is 7.89. The first kappa shape index (κ1) is 23.6. The lowest BCUT2D eigenvalue weighted by molar-refractivity contribution is -0.131. The number of methoxy groups -OCH3 is 1. The van der Waals surface area contributed by atoms with E-state index in [0.717, 1.165) is 31.2 Å². The predicted molar refractivity (Wildman–Crippen MR) is 122 cm³/mol. The molecule has 2 aromatic carbocycles. The summed E-state index contributed by atoms with van der Waals surface area (Å²) in [6, 6.07) is 14.0. The van der Waals surface area contributed by atoms with Crippen molar-refractivity contribution in [2.75, 3.05) is 33.3 Å². The van der Waals surface area contributed by atoms with Crippen molar-refractivity contribution in [2.45, 2.75) is 37.0 Å². The molecule has 1 amide bonds. The number of carbonyl (C=O) groups excluding carboxylic acids is 1. The Morgan fingerprint density at radius 3 is 2.35 bits per heavy atom. The minimum atomic E-state index is -3.92. The number of hydrogen-bond donors (Lipinski definition) is 0. The molecule has 0 N–H and O–H groups in total. The van der Waals surface area contributed by atoms with Crippen molar-refractivity contribution >= 4 is 27.5 Å². The van der Waals surface area contributed by atoms with E-state index in [1.807, 2.05) is 30.3 Å². The third kappa shape index (κ3) is 6.21. The van der Waals surface area contributed by atoms with Gasteiger partial charge < -0.3 is 9.64 Å². The van der Waals surface area contributed by atoms with Crippen LogP contribution in [0.15, 0.2) is 53.4 Å². The molecule has 2 aromatic rings. The lowest BCUT2D eigenvalue weighted by Crippen LogP contribution is -2.44. The van der Waals surface area contributed by atoms with Crippen LogP contribution in [0.5, 0.6) is 5.75 Å². The summed E-state index contributed by atoms with van der Waals surface area (Å²) in [5.74, 6) is 0.246. The van der Waals surface area contributed by atoms with Crippen LogP contribution in [-0.2, 0) is 21.2 Å². The SMILES string of the molecule is COc1ccc(S(=O)(=O)N(CCc2ccccc2)CC(=O)N2CCCCCC2)cc1Cl. The van der Waals surface area contributed by atoms with Gasteiger partial charge in [0.15, 0.2) is 0 Å².